The molecule has 0 bridgehead atoms. The van der Waals surface area contributed by atoms with E-state index < -0.39 is 35.3 Å². The molecular weight excluding hydrogens is 337 g/mol. The molecule has 0 aliphatic rings. The normalized spacial score (nSPS) is 13.4. The van der Waals surface area contributed by atoms with Crippen molar-refractivity contribution in [1.29, 1.82) is 0 Å². The smallest absolute Gasteiger partial charge is 0.441 e. The van der Waals surface area contributed by atoms with Crippen LogP contribution in [0.15, 0.2) is 21.2 Å². The number of aryl methyl sites for hydroxylation is 1. The molecule has 1 atom stereocenters. The lowest BCUT2D eigenvalue weighted by Crippen LogP contribution is -2.43. The number of aliphatic carboxylic acids is 1. The van der Waals surface area contributed by atoms with Crippen LogP contribution < -0.4 is 11.1 Å². The second-order valence-electron chi connectivity index (χ2n) is 6.35. The van der Waals surface area contributed by atoms with E-state index in [1.807, 2.05) is 0 Å². The van der Waals surface area contributed by atoms with Crippen LogP contribution in [0.1, 0.15) is 39.4 Å². The third-order valence-electron chi connectivity index (χ3n) is 2.99. The molecule has 0 radical (unpaired) electrons. The lowest BCUT2D eigenvalue weighted by atomic mass is 10.1. The van der Waals surface area contributed by atoms with Gasteiger partial charge in [0, 0.05) is 0 Å². The predicted octanol–water partition coefficient (Wildman–Crippen LogP) is 1.76. The Morgan fingerprint density at radius 3 is 2.60 bits per heavy atom. The van der Waals surface area contributed by atoms with Crippen LogP contribution in [-0.2, 0) is 16.1 Å². The van der Waals surface area contributed by atoms with Gasteiger partial charge in [-0.15, -0.1) is 0 Å². The molecule has 0 aliphatic heterocycles. The first kappa shape index (κ1) is 20.4. The number of hydrogen-bond acceptors (Lipinski definition) is 6. The molecule has 1 amide bonds. The number of carboxylic acids is 1. The van der Waals surface area contributed by atoms with Gasteiger partial charge in [0.1, 0.15) is 17.5 Å². The highest BCUT2D eigenvalue weighted by atomic mass is 19.1. The highest BCUT2D eigenvalue weighted by molar-refractivity contribution is 5.79. The summed E-state index contributed by atoms with van der Waals surface area (Å²) in [6.45, 7) is 6.08. The maximum absolute atomic E-state index is 13.8. The molecule has 0 spiro atoms. The van der Waals surface area contributed by atoms with E-state index in [-0.39, 0.29) is 25.2 Å². The van der Waals surface area contributed by atoms with Gasteiger partial charge in [-0.2, -0.15) is 0 Å². The zero-order chi connectivity index (χ0) is 19.2. The van der Waals surface area contributed by atoms with Gasteiger partial charge in [-0.05, 0) is 40.5 Å². The molecule has 1 aromatic rings. The number of carbonyl (C=O) groups excluding carboxylic acids is 1. The standard InChI is InChI=1S/C15H22FN3O6/c1-9-18-25-14(23)19(9)8-10(16)6-5-7-11(12(20)21)17-13(22)24-15(2,3)4/h6,11H,5,7-8H2,1-4H3,(H,17,22)(H,20,21)/b10-6+/t11-/m1/s1. The van der Waals surface area contributed by atoms with Gasteiger partial charge in [0.05, 0.1) is 6.54 Å². The Bertz CT molecular complexity index is 701. The number of ether oxygens (including phenoxy) is 1. The summed E-state index contributed by atoms with van der Waals surface area (Å²) < 4.78 is 24.2. The van der Waals surface area contributed by atoms with Crippen LogP contribution in [0.3, 0.4) is 0 Å². The first-order chi connectivity index (χ1) is 11.5. The summed E-state index contributed by atoms with van der Waals surface area (Å²) >= 11 is 0. The Balaban J connectivity index is 2.58. The number of amides is 1. The summed E-state index contributed by atoms with van der Waals surface area (Å²) in [4.78, 5) is 34.1. The van der Waals surface area contributed by atoms with Gasteiger partial charge < -0.3 is 15.2 Å². The van der Waals surface area contributed by atoms with Crippen LogP contribution in [0.25, 0.3) is 0 Å². The Morgan fingerprint density at radius 1 is 1.48 bits per heavy atom. The predicted molar refractivity (Wildman–Crippen MR) is 84.7 cm³/mol. The number of aromatic nitrogens is 2. The Kier molecular flexibility index (Phi) is 6.89. The van der Waals surface area contributed by atoms with Gasteiger partial charge >= 0.3 is 17.8 Å². The number of rotatable bonds is 7. The minimum Gasteiger partial charge on any atom is -0.480 e. The van der Waals surface area contributed by atoms with Gasteiger partial charge in [-0.1, -0.05) is 11.2 Å². The van der Waals surface area contributed by atoms with Gasteiger partial charge in [0.25, 0.3) is 0 Å². The molecule has 1 aromatic heterocycles. The van der Waals surface area contributed by atoms with Gasteiger partial charge in [-0.3, -0.25) is 9.09 Å². The summed E-state index contributed by atoms with van der Waals surface area (Å²) in [7, 11) is 0. The minimum atomic E-state index is -1.26. The topological polar surface area (TPSA) is 124 Å². The lowest BCUT2D eigenvalue weighted by Gasteiger charge is -2.21. The molecule has 0 unspecified atom stereocenters. The second-order valence-corrected chi connectivity index (χ2v) is 6.35. The summed E-state index contributed by atoms with van der Waals surface area (Å²) in [5, 5.41) is 14.7. The molecule has 0 saturated carbocycles. The minimum absolute atomic E-state index is 0.0394. The van der Waals surface area contributed by atoms with Crippen molar-refractivity contribution in [3.63, 3.8) is 0 Å². The van der Waals surface area contributed by atoms with Crippen LogP contribution >= 0.6 is 0 Å². The van der Waals surface area contributed by atoms with Crippen molar-refractivity contribution in [1.82, 2.24) is 15.0 Å². The fourth-order valence-corrected chi connectivity index (χ4v) is 1.84. The molecule has 2 N–H and O–H groups in total. The average Bonchev–Trinajstić information content (AvgIpc) is 2.76. The monoisotopic (exact) mass is 359 g/mol. The van der Waals surface area contributed by atoms with Gasteiger partial charge in [0.2, 0.25) is 0 Å². The Morgan fingerprint density at radius 2 is 2.12 bits per heavy atom. The summed E-state index contributed by atoms with van der Waals surface area (Å²) in [5.74, 6) is -2.46. The number of halogens is 1. The third-order valence-corrected chi connectivity index (χ3v) is 2.99. The van der Waals surface area contributed by atoms with E-state index in [1.54, 1.807) is 20.8 Å². The van der Waals surface area contributed by atoms with E-state index in [1.165, 1.54) is 6.92 Å². The Hall–Kier alpha value is -2.65. The maximum Gasteiger partial charge on any atom is 0.441 e. The van der Waals surface area contributed by atoms with Crippen LogP contribution in [0.2, 0.25) is 0 Å². The van der Waals surface area contributed by atoms with Crippen molar-refractivity contribution >= 4 is 12.1 Å². The zero-order valence-electron chi connectivity index (χ0n) is 14.5. The molecule has 0 aliphatic carbocycles. The van der Waals surface area contributed by atoms with Crippen molar-refractivity contribution in [3.8, 4) is 0 Å². The average molecular weight is 359 g/mol. The first-order valence-electron chi connectivity index (χ1n) is 7.59. The van der Waals surface area contributed by atoms with E-state index in [2.05, 4.69) is 15.0 Å². The van der Waals surface area contributed by atoms with Crippen molar-refractivity contribution in [3.05, 3.63) is 28.3 Å². The van der Waals surface area contributed by atoms with E-state index in [0.29, 0.717) is 0 Å². The third kappa shape index (κ3) is 7.19. The molecule has 9 nitrogen and oxygen atoms in total. The molecule has 10 heteroatoms. The summed E-state index contributed by atoms with van der Waals surface area (Å²) in [6.07, 6.45) is 0.277. The summed E-state index contributed by atoms with van der Waals surface area (Å²) in [5.41, 5.74) is -0.761. The van der Waals surface area contributed by atoms with Gasteiger partial charge in [0.15, 0.2) is 5.82 Å². The van der Waals surface area contributed by atoms with Crippen molar-refractivity contribution < 1.29 is 28.3 Å². The largest absolute Gasteiger partial charge is 0.480 e. The van der Waals surface area contributed by atoms with E-state index in [4.69, 9.17) is 9.84 Å². The molecule has 1 rings (SSSR count). The lowest BCUT2D eigenvalue weighted by molar-refractivity contribution is -0.139. The zero-order valence-corrected chi connectivity index (χ0v) is 14.5. The maximum atomic E-state index is 13.8. The quantitative estimate of drug-likeness (QED) is 0.760. The van der Waals surface area contributed by atoms with Crippen LogP contribution in [-0.4, -0.2) is 38.5 Å². The molecular formula is C15H22FN3O6. The van der Waals surface area contributed by atoms with Crippen LogP contribution in [0.4, 0.5) is 9.18 Å². The number of hydrogen-bond donors (Lipinski definition) is 2. The van der Waals surface area contributed by atoms with Crippen LogP contribution in [0, 0.1) is 6.92 Å². The summed E-state index contributed by atoms with van der Waals surface area (Å²) in [6, 6.07) is -1.22. The Labute approximate surface area is 143 Å². The van der Waals surface area contributed by atoms with Crippen molar-refractivity contribution in [2.75, 3.05) is 0 Å². The fraction of sp³-hybridized carbons (Fsp3) is 0.600. The van der Waals surface area contributed by atoms with Crippen molar-refractivity contribution in [2.24, 2.45) is 0 Å². The highest BCUT2D eigenvalue weighted by Crippen LogP contribution is 2.09. The number of carbonyl (C=O) groups is 2. The molecule has 0 aromatic carbocycles. The molecule has 140 valence electrons. The van der Waals surface area contributed by atoms with Crippen molar-refractivity contribution in [2.45, 2.75) is 58.7 Å². The number of carboxylic acid groups (broad SMARTS) is 1. The first-order valence-corrected chi connectivity index (χ1v) is 7.59. The second kappa shape index (κ2) is 8.45. The van der Waals surface area contributed by atoms with Gasteiger partial charge in [-0.25, -0.2) is 18.8 Å². The van der Waals surface area contributed by atoms with E-state index >= 15 is 0 Å². The SMILES string of the molecule is Cc1noc(=O)n1C/C(F)=C\CC[C@@H](NC(=O)OC(C)(C)C)C(=O)O. The van der Waals surface area contributed by atoms with E-state index in [0.717, 1.165) is 10.6 Å². The molecule has 25 heavy (non-hydrogen) atoms. The number of nitrogens with zero attached hydrogens (tertiary/aromatic N) is 2. The number of allylic oxidation sites excluding steroid dienone is 2. The fourth-order valence-electron chi connectivity index (χ4n) is 1.84. The highest BCUT2D eigenvalue weighted by Gasteiger charge is 2.23. The number of alkyl carbamates (subject to hydrolysis) is 1. The number of nitrogens with one attached hydrogen (secondary N) is 1. The molecule has 1 heterocycles. The molecule has 0 saturated heterocycles. The van der Waals surface area contributed by atoms with Crippen LogP contribution in [0.5, 0.6) is 0 Å². The molecule has 0 fully saturated rings. The van der Waals surface area contributed by atoms with E-state index in [9.17, 15) is 18.8 Å².